The van der Waals surface area contributed by atoms with Crippen LogP contribution in [0.2, 0.25) is 0 Å². The zero-order chi connectivity index (χ0) is 65.0. The molecular weight excluding hydrogens is 631 g/mol. The Morgan fingerprint density at radius 2 is 1.00 bits per heavy atom. The van der Waals surface area contributed by atoms with E-state index in [1.807, 2.05) is 0 Å². The van der Waals surface area contributed by atoms with Gasteiger partial charge in [0.15, 0.2) is 5.58 Å². The van der Waals surface area contributed by atoms with Crippen molar-refractivity contribution in [3.63, 3.8) is 0 Å². The largest absolute Gasteiger partial charge is 0.454 e. The van der Waals surface area contributed by atoms with Gasteiger partial charge in [-0.15, -0.1) is 0 Å². The van der Waals surface area contributed by atoms with Crippen molar-refractivity contribution in [1.82, 2.24) is 0 Å². The second kappa shape index (κ2) is 12.0. The van der Waals surface area contributed by atoms with Crippen LogP contribution in [0.4, 0.5) is 17.1 Å². The fraction of sp³-hybridized carbons (Fsp3) is 0.0400. The SMILES string of the molecule is [2H]c1c([2H])c([2H])c(-c2c([2H])c([2H])c(N(c3c([2H])c([2H])c(-c4c([2H])c([2H])c([2H])c([2H])c4[2H])c([2H])c3[2H])c3c([2H])c([2H])c([2H])c4c3oc3c([2H])c(C5(C([2H])([2H])[2H])c6c([2H])c([2H])c([2H])c([2H])c6-c6c([2H])c([2H])c([2H])c([2H])c65)c([2H])c([2H])c34)c([2H])c2[2H])c([2H])c1[2H]. The molecule has 0 fully saturated rings. The van der Waals surface area contributed by atoms with E-state index >= 15 is 0 Å². The maximum Gasteiger partial charge on any atom is 0.159 e. The molecule has 0 unspecified atom stereocenters. The van der Waals surface area contributed by atoms with Gasteiger partial charge in [0.05, 0.1) is 49.6 Å². The van der Waals surface area contributed by atoms with Gasteiger partial charge in [-0.1, -0.05) is 157 Å². The molecule has 52 heavy (non-hydrogen) atoms. The van der Waals surface area contributed by atoms with Gasteiger partial charge < -0.3 is 9.32 Å². The zero-order valence-corrected chi connectivity index (χ0v) is 25.9. The zero-order valence-electron chi connectivity index (χ0n) is 60.9. The maximum atomic E-state index is 9.94. The van der Waals surface area contributed by atoms with Gasteiger partial charge in [-0.2, -0.15) is 0 Å². The molecule has 0 N–H and O–H groups in total. The van der Waals surface area contributed by atoms with Gasteiger partial charge in [0, 0.05) is 31.7 Å². The Kier molecular flexibility index (Phi) is 2.58. The summed E-state index contributed by atoms with van der Waals surface area (Å²) in [6.45, 7) is -3.89. The van der Waals surface area contributed by atoms with Crippen molar-refractivity contribution in [2.75, 3.05) is 4.90 Å². The molecule has 0 bridgehead atoms. The van der Waals surface area contributed by atoms with Crippen molar-refractivity contribution in [3.05, 3.63) is 210 Å². The highest BCUT2D eigenvalue weighted by Gasteiger charge is 2.40. The number of rotatable bonds is 6. The number of hydrogen-bond acceptors (Lipinski definition) is 2. The molecular formula is C50H35NO. The van der Waals surface area contributed by atoms with Crippen LogP contribution < -0.4 is 4.90 Å². The van der Waals surface area contributed by atoms with Crippen molar-refractivity contribution in [2.45, 2.75) is 12.3 Å². The van der Waals surface area contributed by atoms with Crippen molar-refractivity contribution in [1.29, 1.82) is 0 Å². The molecule has 1 heterocycles. The molecule has 1 aliphatic carbocycles. The molecule has 1 aromatic heterocycles. The number of fused-ring (bicyclic) bond motifs is 6. The summed E-state index contributed by atoms with van der Waals surface area (Å²) in [5.41, 5.74) is -17.7. The second-order valence-corrected chi connectivity index (χ2v) is 11.0. The summed E-state index contributed by atoms with van der Waals surface area (Å²) >= 11 is 0. The van der Waals surface area contributed by atoms with E-state index in [-0.39, 0.29) is 0 Å². The Bertz CT molecular complexity index is 4390. The first kappa shape index (κ1) is 11.2. The van der Waals surface area contributed by atoms with Crippen LogP contribution in [0.15, 0.2) is 198 Å². The van der Waals surface area contributed by atoms with Gasteiger partial charge >= 0.3 is 0 Å². The van der Waals surface area contributed by atoms with Crippen LogP contribution in [0.1, 0.15) is 71.5 Å². The van der Waals surface area contributed by atoms with Crippen molar-refractivity contribution in [3.8, 4) is 33.4 Å². The third kappa shape index (κ3) is 4.72. The lowest BCUT2D eigenvalue weighted by Gasteiger charge is -2.28. The van der Waals surface area contributed by atoms with Crippen molar-refractivity contribution >= 4 is 39.0 Å². The van der Waals surface area contributed by atoms with E-state index in [0.29, 0.717) is 4.90 Å². The molecule has 0 radical (unpaired) electrons. The highest BCUT2D eigenvalue weighted by atomic mass is 16.3. The first-order valence-electron chi connectivity index (χ1n) is 32.6. The molecule has 2 heteroatoms. The lowest BCUT2D eigenvalue weighted by Crippen LogP contribution is -2.22. The number of furan rings is 1. The predicted molar refractivity (Wildman–Crippen MR) is 217 cm³/mol. The molecule has 0 saturated carbocycles. The number of nitrogens with zero attached hydrogens (tertiary/aromatic N) is 1. The van der Waals surface area contributed by atoms with Crippen LogP contribution in [-0.2, 0) is 5.41 Å². The normalized spacial score (nSPS) is 22.6. The van der Waals surface area contributed by atoms with Crippen LogP contribution in [0.3, 0.4) is 0 Å². The molecule has 0 amide bonds. The second-order valence-electron chi connectivity index (χ2n) is 11.0. The number of hydrogen-bond donors (Lipinski definition) is 0. The average Bonchev–Trinajstić information content (AvgIpc) is 1.53. The van der Waals surface area contributed by atoms with E-state index in [1.165, 1.54) is 0 Å². The minimum Gasteiger partial charge on any atom is -0.454 e. The van der Waals surface area contributed by atoms with E-state index in [2.05, 4.69) is 0 Å². The maximum absolute atomic E-state index is 9.94. The third-order valence-corrected chi connectivity index (χ3v) is 8.19. The summed E-state index contributed by atoms with van der Waals surface area (Å²) in [7, 11) is 0. The standard InChI is InChI=1S/C50H35NO/c1-50(45-20-10-8-17-41(45)42-18-9-11-21-46(42)50)38-27-32-43-44-19-12-22-47(49(44)52-48(43)33-38)51(39-28-23-36(24-29-39)34-13-4-2-5-14-34)40-30-25-37(26-31-40)35-15-6-3-7-16-35/h2-33H,1H3/i1D3,2D,3D,4D,5D,6D,7D,8D,9D,10D,11D,12D,13D,14D,15D,16D,17D,18D,19D,20D,21D,22D,23D,24D,25D,26D,27D,28D,29D,30D,31D,32D,33D. The minimum atomic E-state index is -3.89. The summed E-state index contributed by atoms with van der Waals surface area (Å²) in [6.07, 6.45) is 0. The predicted octanol–water partition coefficient (Wildman–Crippen LogP) is 13.7. The number of para-hydroxylation sites is 1. The first-order chi connectivity index (χ1) is 40.2. The Morgan fingerprint density at radius 1 is 0.481 bits per heavy atom. The van der Waals surface area contributed by atoms with E-state index < -0.39 is 295 Å². The van der Waals surface area contributed by atoms with Crippen molar-refractivity contribution in [2.24, 2.45) is 0 Å². The Labute approximate surface area is 353 Å². The molecule has 0 aliphatic heterocycles. The Balaban J connectivity index is 1.43. The summed E-state index contributed by atoms with van der Waals surface area (Å²) in [6, 6.07) is -36.2. The fourth-order valence-corrected chi connectivity index (χ4v) is 5.86. The summed E-state index contributed by atoms with van der Waals surface area (Å²) in [4.78, 5) is 0.291. The first-order valence-corrected chi connectivity index (χ1v) is 15.1. The monoisotopic (exact) mass is 700 g/mol. The molecule has 8 aromatic carbocycles. The lowest BCUT2D eigenvalue weighted by atomic mass is 9.74. The topological polar surface area (TPSA) is 16.4 Å². The van der Waals surface area contributed by atoms with Crippen molar-refractivity contribution < 1.29 is 52.4 Å². The summed E-state index contributed by atoms with van der Waals surface area (Å²) < 4.78 is 322. The molecule has 2 nitrogen and oxygen atoms in total. The quantitative estimate of drug-likeness (QED) is 0.172. The summed E-state index contributed by atoms with van der Waals surface area (Å²) in [5.74, 6) is 0. The van der Waals surface area contributed by atoms with E-state index in [0.717, 1.165) is 0 Å². The highest BCUT2D eigenvalue weighted by Crippen LogP contribution is 2.53. The molecule has 0 saturated heterocycles. The molecule has 0 atom stereocenters. The third-order valence-electron chi connectivity index (χ3n) is 8.19. The molecule has 1 aliphatic rings. The number of benzene rings is 8. The lowest BCUT2D eigenvalue weighted by molar-refractivity contribution is 0.662. The Morgan fingerprint density at radius 3 is 1.56 bits per heavy atom. The smallest absolute Gasteiger partial charge is 0.159 e. The van der Waals surface area contributed by atoms with E-state index in [9.17, 15) is 26.0 Å². The van der Waals surface area contributed by atoms with Gasteiger partial charge in [-0.3, -0.25) is 0 Å². The van der Waals surface area contributed by atoms with Gasteiger partial charge in [0.2, 0.25) is 0 Å². The van der Waals surface area contributed by atoms with Crippen LogP contribution in [0.5, 0.6) is 0 Å². The molecule has 10 rings (SSSR count). The average molecular weight is 701 g/mol. The van der Waals surface area contributed by atoms with Gasteiger partial charge in [-0.25, -0.2) is 0 Å². The number of anilines is 3. The van der Waals surface area contributed by atoms with Gasteiger partial charge in [0.1, 0.15) is 5.58 Å². The van der Waals surface area contributed by atoms with E-state index in [1.54, 1.807) is 0 Å². The highest BCUT2D eigenvalue weighted by molar-refractivity contribution is 6.10. The fourth-order valence-electron chi connectivity index (χ4n) is 5.86. The van der Waals surface area contributed by atoms with E-state index in [4.69, 9.17) is 26.3 Å². The van der Waals surface area contributed by atoms with Crippen LogP contribution in [-0.4, -0.2) is 0 Å². The Hall–Kier alpha value is -6.64. The van der Waals surface area contributed by atoms with Crippen LogP contribution >= 0.6 is 0 Å². The molecule has 246 valence electrons. The molecule has 9 aromatic rings. The van der Waals surface area contributed by atoms with Gasteiger partial charge in [-0.05, 0) is 93.2 Å². The van der Waals surface area contributed by atoms with Crippen LogP contribution in [0, 0.1) is 0 Å². The van der Waals surface area contributed by atoms with Crippen LogP contribution in [0.25, 0.3) is 55.3 Å². The van der Waals surface area contributed by atoms with Gasteiger partial charge in [0.25, 0.3) is 0 Å². The summed E-state index contributed by atoms with van der Waals surface area (Å²) in [5, 5.41) is -1.74. The molecule has 0 spiro atoms. The minimum absolute atomic E-state index is 0.291.